The lowest BCUT2D eigenvalue weighted by Gasteiger charge is -2.29. The standard InChI is InChI=1S/C23H24N2O3/c1-24(17-18-6-8-20(9-7-18)25-12-14-27-15-13-25)23(26)11-10-21-16-19-4-2-3-5-22(19)28-21/h2-11,16H,12-15,17H2,1H3. The minimum atomic E-state index is -0.0577. The van der Waals surface area contributed by atoms with Crippen molar-refractivity contribution in [3.63, 3.8) is 0 Å². The van der Waals surface area contributed by atoms with Crippen LogP contribution in [0.25, 0.3) is 17.0 Å². The molecule has 1 amide bonds. The average Bonchev–Trinajstić information content (AvgIpc) is 3.16. The third kappa shape index (κ3) is 4.26. The number of nitrogens with zero attached hydrogens (tertiary/aromatic N) is 2. The van der Waals surface area contributed by atoms with Crippen molar-refractivity contribution in [1.29, 1.82) is 0 Å². The summed E-state index contributed by atoms with van der Waals surface area (Å²) in [5.74, 6) is 0.621. The number of ether oxygens (including phenoxy) is 1. The molecule has 3 aromatic rings. The fourth-order valence-electron chi connectivity index (χ4n) is 3.35. The zero-order valence-corrected chi connectivity index (χ0v) is 16.0. The van der Waals surface area contributed by atoms with Gasteiger partial charge in [0.05, 0.1) is 13.2 Å². The summed E-state index contributed by atoms with van der Waals surface area (Å²) >= 11 is 0. The van der Waals surface area contributed by atoms with E-state index >= 15 is 0 Å². The Morgan fingerprint density at radius 3 is 2.61 bits per heavy atom. The summed E-state index contributed by atoms with van der Waals surface area (Å²) in [6.45, 7) is 3.95. The van der Waals surface area contributed by atoms with Crippen LogP contribution in [-0.2, 0) is 16.1 Å². The number of amides is 1. The zero-order valence-electron chi connectivity index (χ0n) is 16.0. The van der Waals surface area contributed by atoms with E-state index in [0.717, 1.165) is 42.8 Å². The minimum Gasteiger partial charge on any atom is -0.457 e. The first-order valence-electron chi connectivity index (χ1n) is 9.52. The third-order valence-corrected chi connectivity index (χ3v) is 4.94. The molecule has 28 heavy (non-hydrogen) atoms. The molecule has 5 heteroatoms. The number of hydrogen-bond donors (Lipinski definition) is 0. The lowest BCUT2D eigenvalue weighted by atomic mass is 10.1. The molecule has 1 aromatic heterocycles. The van der Waals surface area contributed by atoms with E-state index in [1.54, 1.807) is 24.1 Å². The lowest BCUT2D eigenvalue weighted by Crippen LogP contribution is -2.36. The number of morpholine rings is 1. The Bertz CT molecular complexity index is 936. The highest BCUT2D eigenvalue weighted by molar-refractivity contribution is 5.92. The van der Waals surface area contributed by atoms with Gasteiger partial charge < -0.3 is 19.0 Å². The maximum absolute atomic E-state index is 12.4. The first-order chi connectivity index (χ1) is 13.7. The summed E-state index contributed by atoms with van der Waals surface area (Å²) in [7, 11) is 1.81. The second-order valence-electron chi connectivity index (χ2n) is 6.98. The molecule has 0 radical (unpaired) electrons. The van der Waals surface area contributed by atoms with Gasteiger partial charge >= 0.3 is 0 Å². The van der Waals surface area contributed by atoms with Crippen LogP contribution in [0, 0.1) is 0 Å². The quantitative estimate of drug-likeness (QED) is 0.633. The van der Waals surface area contributed by atoms with Gasteiger partial charge in [0, 0.05) is 43.8 Å². The number of para-hydroxylation sites is 1. The van der Waals surface area contributed by atoms with E-state index in [9.17, 15) is 4.79 Å². The van der Waals surface area contributed by atoms with Gasteiger partial charge in [-0.2, -0.15) is 0 Å². The van der Waals surface area contributed by atoms with Gasteiger partial charge in [-0.15, -0.1) is 0 Å². The number of carbonyl (C=O) groups is 1. The molecule has 0 N–H and O–H groups in total. The Kier molecular flexibility index (Phi) is 5.44. The molecule has 0 aliphatic carbocycles. The van der Waals surface area contributed by atoms with Crippen LogP contribution in [0.2, 0.25) is 0 Å². The van der Waals surface area contributed by atoms with Gasteiger partial charge in [0.25, 0.3) is 0 Å². The molecule has 0 bridgehead atoms. The van der Waals surface area contributed by atoms with Gasteiger partial charge in [0.1, 0.15) is 11.3 Å². The molecule has 5 nitrogen and oxygen atoms in total. The van der Waals surface area contributed by atoms with Crippen LogP contribution in [0.5, 0.6) is 0 Å². The summed E-state index contributed by atoms with van der Waals surface area (Å²) in [6, 6.07) is 18.1. The highest BCUT2D eigenvalue weighted by Gasteiger charge is 2.12. The number of furan rings is 1. The normalized spacial score (nSPS) is 14.7. The van der Waals surface area contributed by atoms with E-state index in [0.29, 0.717) is 12.3 Å². The van der Waals surface area contributed by atoms with E-state index in [2.05, 4.69) is 29.2 Å². The maximum atomic E-state index is 12.4. The van der Waals surface area contributed by atoms with E-state index in [4.69, 9.17) is 9.15 Å². The van der Waals surface area contributed by atoms with Crippen LogP contribution in [-0.4, -0.2) is 44.2 Å². The Morgan fingerprint density at radius 1 is 1.11 bits per heavy atom. The van der Waals surface area contributed by atoms with E-state index in [1.165, 1.54) is 5.69 Å². The Labute approximate surface area is 164 Å². The molecular weight excluding hydrogens is 352 g/mol. The van der Waals surface area contributed by atoms with E-state index in [1.807, 2.05) is 30.3 Å². The fraction of sp³-hybridized carbons (Fsp3) is 0.261. The summed E-state index contributed by atoms with van der Waals surface area (Å²) in [5.41, 5.74) is 3.12. The van der Waals surface area contributed by atoms with Crippen molar-refractivity contribution >= 4 is 28.6 Å². The van der Waals surface area contributed by atoms with Crippen molar-refractivity contribution in [1.82, 2.24) is 4.90 Å². The lowest BCUT2D eigenvalue weighted by molar-refractivity contribution is -0.125. The van der Waals surface area contributed by atoms with Gasteiger partial charge in [-0.25, -0.2) is 0 Å². The van der Waals surface area contributed by atoms with E-state index < -0.39 is 0 Å². The number of fused-ring (bicyclic) bond motifs is 1. The molecule has 2 aromatic carbocycles. The highest BCUT2D eigenvalue weighted by Crippen LogP contribution is 2.20. The number of likely N-dealkylation sites (N-methyl/N-ethyl adjacent to an activating group) is 1. The van der Waals surface area contributed by atoms with Crippen LogP contribution >= 0.6 is 0 Å². The molecule has 0 spiro atoms. The van der Waals surface area contributed by atoms with Crippen LogP contribution in [0.3, 0.4) is 0 Å². The van der Waals surface area contributed by atoms with Crippen molar-refractivity contribution in [2.45, 2.75) is 6.54 Å². The molecule has 1 saturated heterocycles. The highest BCUT2D eigenvalue weighted by atomic mass is 16.5. The number of rotatable bonds is 5. The summed E-state index contributed by atoms with van der Waals surface area (Å²) in [5, 5.41) is 1.03. The van der Waals surface area contributed by atoms with E-state index in [-0.39, 0.29) is 5.91 Å². The van der Waals surface area contributed by atoms with Gasteiger partial charge in [-0.3, -0.25) is 4.79 Å². The number of benzene rings is 2. The van der Waals surface area contributed by atoms with Crippen molar-refractivity contribution in [2.24, 2.45) is 0 Å². The molecular formula is C23H24N2O3. The van der Waals surface area contributed by atoms with Crippen molar-refractivity contribution in [3.8, 4) is 0 Å². The average molecular weight is 376 g/mol. The number of hydrogen-bond acceptors (Lipinski definition) is 4. The predicted octanol–water partition coefficient (Wildman–Crippen LogP) is 3.94. The second kappa shape index (κ2) is 8.31. The monoisotopic (exact) mass is 376 g/mol. The molecule has 0 atom stereocenters. The SMILES string of the molecule is CN(Cc1ccc(N2CCOCC2)cc1)C(=O)C=Cc1cc2ccccc2o1. The first-order valence-corrected chi connectivity index (χ1v) is 9.52. The predicted molar refractivity (Wildman–Crippen MR) is 111 cm³/mol. The molecule has 1 aliphatic heterocycles. The zero-order chi connectivity index (χ0) is 19.3. The Hall–Kier alpha value is -3.05. The van der Waals surface area contributed by atoms with Crippen molar-refractivity contribution in [2.75, 3.05) is 38.3 Å². The van der Waals surface area contributed by atoms with Crippen LogP contribution in [0.4, 0.5) is 5.69 Å². The minimum absolute atomic E-state index is 0.0577. The third-order valence-electron chi connectivity index (χ3n) is 4.94. The Morgan fingerprint density at radius 2 is 1.86 bits per heavy atom. The molecule has 1 fully saturated rings. The number of carbonyl (C=O) groups excluding carboxylic acids is 1. The summed E-state index contributed by atoms with van der Waals surface area (Å²) in [6.07, 6.45) is 3.28. The van der Waals surface area contributed by atoms with Gasteiger partial charge in [-0.05, 0) is 35.9 Å². The van der Waals surface area contributed by atoms with Crippen LogP contribution in [0.1, 0.15) is 11.3 Å². The maximum Gasteiger partial charge on any atom is 0.246 e. The topological polar surface area (TPSA) is 45.9 Å². The largest absolute Gasteiger partial charge is 0.457 e. The second-order valence-corrected chi connectivity index (χ2v) is 6.98. The molecule has 2 heterocycles. The molecule has 0 saturated carbocycles. The summed E-state index contributed by atoms with van der Waals surface area (Å²) in [4.78, 5) is 16.4. The molecule has 1 aliphatic rings. The Balaban J connectivity index is 1.35. The molecule has 144 valence electrons. The number of anilines is 1. The van der Waals surface area contributed by atoms with Gasteiger partial charge in [0.2, 0.25) is 5.91 Å². The summed E-state index contributed by atoms with van der Waals surface area (Å²) < 4.78 is 11.1. The van der Waals surface area contributed by atoms with Crippen LogP contribution in [0.15, 0.2) is 65.1 Å². The van der Waals surface area contributed by atoms with Crippen LogP contribution < -0.4 is 4.90 Å². The van der Waals surface area contributed by atoms with Crippen molar-refractivity contribution in [3.05, 3.63) is 72.0 Å². The van der Waals surface area contributed by atoms with Crippen molar-refractivity contribution < 1.29 is 13.9 Å². The molecule has 0 unspecified atom stereocenters. The van der Waals surface area contributed by atoms with Gasteiger partial charge in [0.15, 0.2) is 0 Å². The fourth-order valence-corrected chi connectivity index (χ4v) is 3.35. The smallest absolute Gasteiger partial charge is 0.246 e. The molecule has 4 rings (SSSR count). The first kappa shape index (κ1) is 18.3. The van der Waals surface area contributed by atoms with Gasteiger partial charge in [-0.1, -0.05) is 30.3 Å².